The first-order valence-electron chi connectivity index (χ1n) is 7.38. The zero-order valence-corrected chi connectivity index (χ0v) is 12.5. The summed E-state index contributed by atoms with van der Waals surface area (Å²) < 4.78 is 24.7. The molecule has 0 saturated heterocycles. The average Bonchev–Trinajstić information content (AvgIpc) is 2.99. The van der Waals surface area contributed by atoms with E-state index >= 15 is 0 Å². The Morgan fingerprint density at radius 2 is 2.00 bits per heavy atom. The first-order valence-corrected chi connectivity index (χ1v) is 7.38. The molecule has 0 bridgehead atoms. The molecule has 0 aromatic heterocycles. The Hall–Kier alpha value is -2.76. The minimum atomic E-state index is -0.394. The number of rotatable bonds is 2. The molecule has 4 rings (SSSR count). The van der Waals surface area contributed by atoms with Gasteiger partial charge in [0.1, 0.15) is 11.9 Å². The van der Waals surface area contributed by atoms with E-state index < -0.39 is 6.04 Å². The van der Waals surface area contributed by atoms with Crippen LogP contribution in [-0.4, -0.2) is 18.7 Å². The number of hydrogen-bond acceptors (Lipinski definition) is 4. The van der Waals surface area contributed by atoms with Gasteiger partial charge in [0.2, 0.25) is 12.7 Å². The van der Waals surface area contributed by atoms with Crippen molar-refractivity contribution in [1.82, 2.24) is 0 Å². The highest BCUT2D eigenvalue weighted by molar-refractivity contribution is 6.05. The molecule has 5 nitrogen and oxygen atoms in total. The van der Waals surface area contributed by atoms with Gasteiger partial charge in [-0.15, -0.1) is 0 Å². The predicted molar refractivity (Wildman–Crippen MR) is 83.2 cm³/mol. The second kappa shape index (κ2) is 5.15. The van der Waals surface area contributed by atoms with Crippen LogP contribution >= 0.6 is 0 Å². The third-order valence-corrected chi connectivity index (χ3v) is 4.08. The second-order valence-corrected chi connectivity index (χ2v) is 5.60. The fraction of sp³-hybridized carbons (Fsp3) is 0.235. The molecule has 0 saturated carbocycles. The van der Waals surface area contributed by atoms with Gasteiger partial charge >= 0.3 is 0 Å². The highest BCUT2D eigenvalue weighted by Gasteiger charge is 2.32. The van der Waals surface area contributed by atoms with Crippen LogP contribution < -0.4 is 19.7 Å². The van der Waals surface area contributed by atoms with Crippen LogP contribution in [-0.2, 0) is 11.3 Å². The SMILES string of the molecule is CC1Nc2cc3c(cc2N(Cc2ccccc2F)C1=O)OCO3. The van der Waals surface area contributed by atoms with E-state index in [1.54, 1.807) is 36.1 Å². The number of carbonyl (C=O) groups is 1. The van der Waals surface area contributed by atoms with Gasteiger partial charge < -0.3 is 19.7 Å². The molecule has 6 heteroatoms. The van der Waals surface area contributed by atoms with Crippen molar-refractivity contribution in [3.8, 4) is 11.5 Å². The van der Waals surface area contributed by atoms with Gasteiger partial charge in [-0.25, -0.2) is 4.39 Å². The fourth-order valence-corrected chi connectivity index (χ4v) is 2.88. The number of halogens is 1. The lowest BCUT2D eigenvalue weighted by Gasteiger charge is -2.34. The average molecular weight is 314 g/mol. The van der Waals surface area contributed by atoms with Crippen LogP contribution in [0.4, 0.5) is 15.8 Å². The fourth-order valence-electron chi connectivity index (χ4n) is 2.88. The lowest BCUT2D eigenvalue weighted by Crippen LogP contribution is -2.45. The lowest BCUT2D eigenvalue weighted by molar-refractivity contribution is -0.119. The molecule has 0 spiro atoms. The number of nitrogens with zero attached hydrogens (tertiary/aromatic N) is 1. The number of hydrogen-bond donors (Lipinski definition) is 1. The van der Waals surface area contributed by atoms with Crippen LogP contribution in [0.5, 0.6) is 11.5 Å². The summed E-state index contributed by atoms with van der Waals surface area (Å²) >= 11 is 0. The van der Waals surface area contributed by atoms with Crippen LogP contribution in [0.25, 0.3) is 0 Å². The molecule has 2 heterocycles. The minimum absolute atomic E-state index is 0.111. The Bertz CT molecular complexity index is 793. The van der Waals surface area contributed by atoms with Gasteiger partial charge in [0, 0.05) is 17.7 Å². The highest BCUT2D eigenvalue weighted by Crippen LogP contribution is 2.43. The van der Waals surface area contributed by atoms with Crippen LogP contribution in [0.2, 0.25) is 0 Å². The van der Waals surface area contributed by atoms with E-state index in [4.69, 9.17) is 9.47 Å². The molecule has 1 amide bonds. The zero-order chi connectivity index (χ0) is 16.0. The Morgan fingerprint density at radius 3 is 2.78 bits per heavy atom. The molecule has 2 aromatic carbocycles. The summed E-state index contributed by atoms with van der Waals surface area (Å²) in [5.41, 5.74) is 1.91. The third-order valence-electron chi connectivity index (χ3n) is 4.08. The van der Waals surface area contributed by atoms with Gasteiger partial charge in [-0.3, -0.25) is 4.79 Å². The smallest absolute Gasteiger partial charge is 0.249 e. The van der Waals surface area contributed by atoms with Crippen LogP contribution in [0, 0.1) is 5.82 Å². The van der Waals surface area contributed by atoms with Gasteiger partial charge in [-0.2, -0.15) is 0 Å². The number of nitrogens with one attached hydrogen (secondary N) is 1. The summed E-state index contributed by atoms with van der Waals surface area (Å²) in [6, 6.07) is 9.65. The normalized spacial score (nSPS) is 18.6. The van der Waals surface area contributed by atoms with Crippen molar-refractivity contribution in [2.75, 3.05) is 17.0 Å². The van der Waals surface area contributed by atoms with Crippen molar-refractivity contribution < 1.29 is 18.7 Å². The number of anilines is 2. The van der Waals surface area contributed by atoms with E-state index in [-0.39, 0.29) is 25.1 Å². The molecular formula is C17H15FN2O3. The number of fused-ring (bicyclic) bond motifs is 2. The van der Waals surface area contributed by atoms with Gasteiger partial charge in [-0.1, -0.05) is 18.2 Å². The predicted octanol–water partition coefficient (Wildman–Crippen LogP) is 2.90. The van der Waals surface area contributed by atoms with Gasteiger partial charge in [0.15, 0.2) is 11.5 Å². The summed E-state index contributed by atoms with van der Waals surface area (Å²) in [7, 11) is 0. The van der Waals surface area contributed by atoms with Crippen molar-refractivity contribution in [3.05, 3.63) is 47.8 Å². The van der Waals surface area contributed by atoms with Crippen LogP contribution in [0.15, 0.2) is 36.4 Å². The third kappa shape index (κ3) is 2.27. The number of ether oxygens (including phenoxy) is 2. The molecule has 2 aliphatic rings. The van der Waals surface area contributed by atoms with Crippen molar-refractivity contribution in [2.45, 2.75) is 19.5 Å². The highest BCUT2D eigenvalue weighted by atomic mass is 19.1. The maximum absolute atomic E-state index is 14.0. The summed E-state index contributed by atoms with van der Waals surface area (Å²) in [5.74, 6) is 0.795. The maximum Gasteiger partial charge on any atom is 0.249 e. The molecule has 118 valence electrons. The monoisotopic (exact) mass is 314 g/mol. The van der Waals surface area contributed by atoms with Crippen molar-refractivity contribution in [3.63, 3.8) is 0 Å². The first-order chi connectivity index (χ1) is 11.1. The van der Waals surface area contributed by atoms with Gasteiger partial charge in [0.25, 0.3) is 0 Å². The van der Waals surface area contributed by atoms with E-state index in [1.807, 2.05) is 6.07 Å². The van der Waals surface area contributed by atoms with E-state index in [0.717, 1.165) is 5.69 Å². The second-order valence-electron chi connectivity index (χ2n) is 5.60. The Morgan fingerprint density at radius 1 is 1.26 bits per heavy atom. The number of benzene rings is 2. The van der Waals surface area contributed by atoms with Crippen LogP contribution in [0.1, 0.15) is 12.5 Å². The van der Waals surface area contributed by atoms with E-state index in [1.165, 1.54) is 6.07 Å². The molecule has 2 aromatic rings. The first kappa shape index (κ1) is 13.9. The molecule has 0 fully saturated rings. The van der Waals surface area contributed by atoms with Crippen LogP contribution in [0.3, 0.4) is 0 Å². The number of carbonyl (C=O) groups excluding carboxylic acids is 1. The Kier molecular flexibility index (Phi) is 3.11. The summed E-state index contributed by atoms with van der Waals surface area (Å²) in [4.78, 5) is 14.2. The van der Waals surface area contributed by atoms with Crippen molar-refractivity contribution >= 4 is 17.3 Å². The van der Waals surface area contributed by atoms with E-state index in [9.17, 15) is 9.18 Å². The minimum Gasteiger partial charge on any atom is -0.454 e. The standard InChI is InChI=1S/C17H15FN2O3/c1-10-17(21)20(8-11-4-2-3-5-12(11)18)14-7-16-15(22-9-23-16)6-13(14)19-10/h2-7,10,19H,8-9H2,1H3. The maximum atomic E-state index is 14.0. The van der Waals surface area contributed by atoms with Crippen molar-refractivity contribution in [1.29, 1.82) is 0 Å². The molecule has 0 aliphatic carbocycles. The summed E-state index contributed by atoms with van der Waals surface area (Å²) in [6.07, 6.45) is 0. The molecule has 0 radical (unpaired) electrons. The largest absolute Gasteiger partial charge is 0.454 e. The Labute approximate surface area is 132 Å². The van der Waals surface area contributed by atoms with Crippen molar-refractivity contribution in [2.24, 2.45) is 0 Å². The summed E-state index contributed by atoms with van der Waals surface area (Å²) in [5, 5.41) is 3.15. The molecule has 1 atom stereocenters. The zero-order valence-electron chi connectivity index (χ0n) is 12.5. The molecule has 23 heavy (non-hydrogen) atoms. The quantitative estimate of drug-likeness (QED) is 0.926. The van der Waals surface area contributed by atoms with Gasteiger partial charge in [0.05, 0.1) is 17.9 Å². The van der Waals surface area contributed by atoms with E-state index in [0.29, 0.717) is 22.7 Å². The van der Waals surface area contributed by atoms with E-state index in [2.05, 4.69) is 5.32 Å². The molecule has 1 unspecified atom stereocenters. The molecule has 1 N–H and O–H groups in total. The number of amides is 1. The van der Waals surface area contributed by atoms with Gasteiger partial charge in [-0.05, 0) is 13.0 Å². The molecule has 2 aliphatic heterocycles. The Balaban J connectivity index is 1.77. The summed E-state index contributed by atoms with van der Waals surface area (Å²) in [6.45, 7) is 2.11. The topological polar surface area (TPSA) is 50.8 Å². The lowest BCUT2D eigenvalue weighted by atomic mass is 10.1. The molecular weight excluding hydrogens is 299 g/mol.